The fourth-order valence-corrected chi connectivity index (χ4v) is 2.20. The molecule has 0 bridgehead atoms. The molecule has 0 aromatic heterocycles. The summed E-state index contributed by atoms with van der Waals surface area (Å²) in [5.41, 5.74) is 8.32. The lowest BCUT2D eigenvalue weighted by atomic mass is 9.99. The lowest BCUT2D eigenvalue weighted by Crippen LogP contribution is -2.35. The van der Waals surface area contributed by atoms with Crippen LogP contribution in [0.25, 0.3) is 0 Å². The van der Waals surface area contributed by atoms with Crippen molar-refractivity contribution in [3.63, 3.8) is 0 Å². The molecule has 3 N–H and O–H groups in total. The van der Waals surface area contributed by atoms with Gasteiger partial charge in [0.25, 0.3) is 5.91 Å². The van der Waals surface area contributed by atoms with Gasteiger partial charge in [0.15, 0.2) is 6.61 Å². The topological polar surface area (TPSA) is 64.3 Å². The average Bonchev–Trinajstić information content (AvgIpc) is 2.59. The number of hydrogen-bond acceptors (Lipinski definition) is 3. The first-order valence-electron chi connectivity index (χ1n) is 7.96. The predicted molar refractivity (Wildman–Crippen MR) is 92.4 cm³/mol. The van der Waals surface area contributed by atoms with Crippen molar-refractivity contribution in [2.24, 2.45) is 5.73 Å². The summed E-state index contributed by atoms with van der Waals surface area (Å²) in [6, 6.07) is 13.3. The van der Waals surface area contributed by atoms with E-state index in [2.05, 4.69) is 31.3 Å². The Bertz CT molecular complexity index is 654. The van der Waals surface area contributed by atoms with Crippen LogP contribution in [0.1, 0.15) is 36.9 Å². The van der Waals surface area contributed by atoms with E-state index >= 15 is 0 Å². The molecule has 0 spiro atoms. The van der Waals surface area contributed by atoms with Crippen LogP contribution in [0.15, 0.2) is 48.5 Å². The minimum atomic E-state index is -0.346. The first-order valence-corrected chi connectivity index (χ1v) is 7.96. The molecule has 0 fully saturated rings. The highest BCUT2D eigenvalue weighted by molar-refractivity contribution is 5.77. The fourth-order valence-electron chi connectivity index (χ4n) is 2.20. The molecule has 0 aliphatic carbocycles. The van der Waals surface area contributed by atoms with Crippen LogP contribution in [0.4, 0.5) is 4.39 Å². The van der Waals surface area contributed by atoms with Crippen molar-refractivity contribution in [1.29, 1.82) is 0 Å². The Morgan fingerprint density at radius 3 is 2.25 bits per heavy atom. The number of benzene rings is 2. The van der Waals surface area contributed by atoms with E-state index in [9.17, 15) is 9.18 Å². The number of hydrogen-bond donors (Lipinski definition) is 2. The van der Waals surface area contributed by atoms with Crippen LogP contribution in [0, 0.1) is 5.82 Å². The van der Waals surface area contributed by atoms with Gasteiger partial charge in [0.05, 0.1) is 0 Å². The van der Waals surface area contributed by atoms with Gasteiger partial charge in [0.2, 0.25) is 0 Å². The zero-order chi connectivity index (χ0) is 17.5. The Kier molecular flexibility index (Phi) is 6.32. The van der Waals surface area contributed by atoms with Crippen molar-refractivity contribution in [2.75, 3.05) is 13.2 Å². The van der Waals surface area contributed by atoms with Crippen molar-refractivity contribution in [1.82, 2.24) is 5.32 Å². The van der Waals surface area contributed by atoms with Crippen LogP contribution in [0.3, 0.4) is 0 Å². The van der Waals surface area contributed by atoms with Crippen molar-refractivity contribution in [3.8, 4) is 5.75 Å². The highest BCUT2D eigenvalue weighted by atomic mass is 19.1. The van der Waals surface area contributed by atoms with Crippen molar-refractivity contribution in [3.05, 3.63) is 65.5 Å². The van der Waals surface area contributed by atoms with E-state index in [-0.39, 0.29) is 24.4 Å². The van der Waals surface area contributed by atoms with E-state index in [1.807, 2.05) is 12.1 Å². The van der Waals surface area contributed by atoms with Crippen LogP contribution in [0.2, 0.25) is 0 Å². The lowest BCUT2D eigenvalue weighted by molar-refractivity contribution is -0.123. The molecule has 4 nitrogen and oxygen atoms in total. The van der Waals surface area contributed by atoms with Gasteiger partial charge in [-0.25, -0.2) is 4.39 Å². The Labute approximate surface area is 141 Å². The summed E-state index contributed by atoms with van der Waals surface area (Å²) < 4.78 is 18.1. The van der Waals surface area contributed by atoms with Crippen LogP contribution in [-0.4, -0.2) is 19.1 Å². The molecule has 2 aromatic rings. The zero-order valence-corrected chi connectivity index (χ0v) is 14.0. The second-order valence-electron chi connectivity index (χ2n) is 5.97. The first kappa shape index (κ1) is 17.9. The Morgan fingerprint density at radius 1 is 1.08 bits per heavy atom. The number of ether oxygens (including phenoxy) is 1. The molecule has 128 valence electrons. The second kappa shape index (κ2) is 8.45. The number of nitrogens with two attached hydrogens (primary N) is 1. The van der Waals surface area contributed by atoms with Gasteiger partial charge in [0.1, 0.15) is 11.6 Å². The summed E-state index contributed by atoms with van der Waals surface area (Å²) in [5.74, 6) is 0.300. The normalized spacial score (nSPS) is 12.0. The summed E-state index contributed by atoms with van der Waals surface area (Å²) in [4.78, 5) is 11.8. The second-order valence-corrected chi connectivity index (χ2v) is 5.97. The van der Waals surface area contributed by atoms with Gasteiger partial charge >= 0.3 is 0 Å². The molecular formula is C19H23FN2O2. The van der Waals surface area contributed by atoms with Gasteiger partial charge in [-0.1, -0.05) is 38.1 Å². The number of rotatable bonds is 7. The third kappa shape index (κ3) is 5.35. The molecule has 1 atom stereocenters. The standard InChI is InChI=1S/C19H23FN2O2/c1-13(2)14-3-5-15(6-4-14)18(21)11-22-19(23)12-24-17-9-7-16(20)8-10-17/h3-10,13,18H,11-12,21H2,1-2H3,(H,22,23). The maximum atomic E-state index is 12.8. The van der Waals surface area contributed by atoms with Crippen LogP contribution in [-0.2, 0) is 4.79 Å². The number of carbonyl (C=O) groups excluding carboxylic acids is 1. The monoisotopic (exact) mass is 330 g/mol. The maximum Gasteiger partial charge on any atom is 0.258 e. The van der Waals surface area contributed by atoms with E-state index in [4.69, 9.17) is 10.5 Å². The van der Waals surface area contributed by atoms with E-state index in [0.29, 0.717) is 18.2 Å². The van der Waals surface area contributed by atoms with Gasteiger partial charge in [-0.3, -0.25) is 4.79 Å². The van der Waals surface area contributed by atoms with E-state index in [1.54, 1.807) is 0 Å². The molecule has 0 heterocycles. The van der Waals surface area contributed by atoms with Gasteiger partial charge in [-0.15, -0.1) is 0 Å². The molecular weight excluding hydrogens is 307 g/mol. The molecule has 0 radical (unpaired) electrons. The van der Waals surface area contributed by atoms with Gasteiger partial charge in [-0.05, 0) is 41.3 Å². The Morgan fingerprint density at radius 2 is 1.67 bits per heavy atom. The number of halogens is 1. The largest absolute Gasteiger partial charge is 0.484 e. The molecule has 24 heavy (non-hydrogen) atoms. The van der Waals surface area contributed by atoms with Gasteiger partial charge in [-0.2, -0.15) is 0 Å². The van der Waals surface area contributed by atoms with E-state index in [0.717, 1.165) is 5.56 Å². The van der Waals surface area contributed by atoms with Crippen LogP contribution < -0.4 is 15.8 Å². The third-order valence-electron chi connectivity index (χ3n) is 3.73. The molecule has 1 amide bonds. The molecule has 0 saturated heterocycles. The summed E-state index contributed by atoms with van der Waals surface area (Å²) in [6.45, 7) is 4.46. The highest BCUT2D eigenvalue weighted by Gasteiger charge is 2.09. The van der Waals surface area contributed by atoms with Gasteiger partial charge in [0, 0.05) is 12.6 Å². The average molecular weight is 330 g/mol. The van der Waals surface area contributed by atoms with Crippen molar-refractivity contribution >= 4 is 5.91 Å². The van der Waals surface area contributed by atoms with Crippen molar-refractivity contribution in [2.45, 2.75) is 25.8 Å². The first-order chi connectivity index (χ1) is 11.5. The lowest BCUT2D eigenvalue weighted by Gasteiger charge is -2.15. The molecule has 5 heteroatoms. The van der Waals surface area contributed by atoms with Crippen LogP contribution >= 0.6 is 0 Å². The summed E-state index contributed by atoms with van der Waals surface area (Å²) in [6.07, 6.45) is 0. The molecule has 0 aliphatic rings. The molecule has 0 aliphatic heterocycles. The number of amides is 1. The SMILES string of the molecule is CC(C)c1ccc(C(N)CNC(=O)COc2ccc(F)cc2)cc1. The molecule has 0 saturated carbocycles. The maximum absolute atomic E-state index is 12.8. The van der Waals surface area contributed by atoms with E-state index in [1.165, 1.54) is 29.8 Å². The molecule has 2 aromatic carbocycles. The molecule has 2 rings (SSSR count). The van der Waals surface area contributed by atoms with Crippen molar-refractivity contribution < 1.29 is 13.9 Å². The minimum absolute atomic E-state index is 0.134. The van der Waals surface area contributed by atoms with Gasteiger partial charge < -0.3 is 15.8 Å². The smallest absolute Gasteiger partial charge is 0.258 e. The fraction of sp³-hybridized carbons (Fsp3) is 0.316. The Balaban J connectivity index is 1.77. The summed E-state index contributed by atoms with van der Waals surface area (Å²) in [5, 5.41) is 2.74. The molecule has 1 unspecified atom stereocenters. The Hall–Kier alpha value is -2.40. The third-order valence-corrected chi connectivity index (χ3v) is 3.73. The summed E-state index contributed by atoms with van der Waals surface area (Å²) in [7, 11) is 0. The zero-order valence-electron chi connectivity index (χ0n) is 14.0. The predicted octanol–water partition coefficient (Wildman–Crippen LogP) is 3.14. The number of nitrogens with one attached hydrogen (secondary N) is 1. The van der Waals surface area contributed by atoms with Crippen LogP contribution in [0.5, 0.6) is 5.75 Å². The summed E-state index contributed by atoms with van der Waals surface area (Å²) >= 11 is 0. The quantitative estimate of drug-likeness (QED) is 0.820. The minimum Gasteiger partial charge on any atom is -0.484 e. The highest BCUT2D eigenvalue weighted by Crippen LogP contribution is 2.17. The number of carbonyl (C=O) groups is 1. The van der Waals surface area contributed by atoms with E-state index < -0.39 is 0 Å².